The lowest BCUT2D eigenvalue weighted by molar-refractivity contribution is 0.0905. The van der Waals surface area contributed by atoms with Gasteiger partial charge in [0.1, 0.15) is 0 Å². The summed E-state index contributed by atoms with van der Waals surface area (Å²) in [7, 11) is -2.99. The number of hydrogen-bond acceptors (Lipinski definition) is 4. The first-order chi connectivity index (χ1) is 6.58. The van der Waals surface area contributed by atoms with Crippen molar-refractivity contribution < 1.29 is 17.6 Å². The maximum atomic E-state index is 11.6. The summed E-state index contributed by atoms with van der Waals surface area (Å²) in [4.78, 5) is 11.6. The zero-order valence-corrected chi connectivity index (χ0v) is 8.29. The molecule has 1 aromatic heterocycles. The second kappa shape index (κ2) is 3.24. The molecule has 1 aromatic rings. The largest absolute Gasteiger partial charge is 0.461 e. The summed E-state index contributed by atoms with van der Waals surface area (Å²) in [6, 6.07) is 3.18. The van der Waals surface area contributed by atoms with Crippen molar-refractivity contribution in [3.05, 3.63) is 24.2 Å². The van der Waals surface area contributed by atoms with Gasteiger partial charge in [0.15, 0.2) is 15.6 Å². The van der Waals surface area contributed by atoms with Crippen molar-refractivity contribution in [2.45, 2.75) is 6.42 Å². The number of hydrogen-bond donors (Lipinski definition) is 0. The monoisotopic (exact) mass is 214 g/mol. The van der Waals surface area contributed by atoms with Crippen LogP contribution < -0.4 is 0 Å². The van der Waals surface area contributed by atoms with Crippen LogP contribution in [0.25, 0.3) is 0 Å². The van der Waals surface area contributed by atoms with E-state index in [2.05, 4.69) is 0 Å². The molecule has 0 N–H and O–H groups in total. The molecule has 0 radical (unpaired) electrons. The quantitative estimate of drug-likeness (QED) is 0.686. The van der Waals surface area contributed by atoms with Gasteiger partial charge >= 0.3 is 0 Å². The standard InChI is InChI=1S/C9H10O4S/c10-9(8-2-1-4-13-8)7-3-5-14(11,12)6-7/h1-2,4,7H,3,5-6H2. The van der Waals surface area contributed by atoms with Gasteiger partial charge in [-0.25, -0.2) is 8.42 Å². The summed E-state index contributed by atoms with van der Waals surface area (Å²) in [5.41, 5.74) is 0. The highest BCUT2D eigenvalue weighted by Gasteiger charge is 2.34. The lowest BCUT2D eigenvalue weighted by Gasteiger charge is -2.02. The maximum Gasteiger partial charge on any atom is 0.202 e. The molecule has 5 heteroatoms. The summed E-state index contributed by atoms with van der Waals surface area (Å²) in [6.45, 7) is 0. The van der Waals surface area contributed by atoms with E-state index in [1.807, 2.05) is 0 Å². The molecule has 76 valence electrons. The lowest BCUT2D eigenvalue weighted by atomic mass is 10.0. The fourth-order valence-corrected chi connectivity index (χ4v) is 3.36. The minimum atomic E-state index is -2.99. The summed E-state index contributed by atoms with van der Waals surface area (Å²) in [5.74, 6) is -0.272. The van der Waals surface area contributed by atoms with Crippen LogP contribution in [0.3, 0.4) is 0 Å². The molecule has 0 spiro atoms. The Labute approximate surface area is 81.8 Å². The highest BCUT2D eigenvalue weighted by molar-refractivity contribution is 7.91. The van der Waals surface area contributed by atoms with Gasteiger partial charge in [-0.3, -0.25) is 4.79 Å². The molecule has 1 aliphatic rings. The summed E-state index contributed by atoms with van der Waals surface area (Å²) < 4.78 is 27.2. The van der Waals surface area contributed by atoms with E-state index in [9.17, 15) is 13.2 Å². The van der Waals surface area contributed by atoms with E-state index < -0.39 is 15.8 Å². The summed E-state index contributed by atoms with van der Waals surface area (Å²) >= 11 is 0. The topological polar surface area (TPSA) is 64.3 Å². The summed E-state index contributed by atoms with van der Waals surface area (Å²) in [6.07, 6.45) is 1.83. The predicted molar refractivity (Wildman–Crippen MR) is 49.8 cm³/mol. The first-order valence-electron chi connectivity index (χ1n) is 4.37. The molecule has 2 heterocycles. The lowest BCUT2D eigenvalue weighted by Crippen LogP contribution is -2.15. The van der Waals surface area contributed by atoms with Crippen molar-refractivity contribution in [2.24, 2.45) is 5.92 Å². The number of carbonyl (C=O) groups excluding carboxylic acids is 1. The van der Waals surface area contributed by atoms with Crippen molar-refractivity contribution in [3.63, 3.8) is 0 Å². The van der Waals surface area contributed by atoms with E-state index in [-0.39, 0.29) is 23.0 Å². The molecular formula is C9H10O4S. The maximum absolute atomic E-state index is 11.6. The molecule has 0 aromatic carbocycles. The normalized spacial score (nSPS) is 25.0. The van der Waals surface area contributed by atoms with Crippen molar-refractivity contribution in [1.29, 1.82) is 0 Å². The first kappa shape index (κ1) is 9.45. The fraction of sp³-hybridized carbons (Fsp3) is 0.444. The number of furan rings is 1. The Balaban J connectivity index is 2.16. The van der Waals surface area contributed by atoms with Crippen LogP contribution in [0, 0.1) is 5.92 Å². The molecule has 1 aliphatic heterocycles. The van der Waals surface area contributed by atoms with E-state index in [0.29, 0.717) is 6.42 Å². The van der Waals surface area contributed by atoms with Crippen molar-refractivity contribution in [1.82, 2.24) is 0 Å². The van der Waals surface area contributed by atoms with Gasteiger partial charge in [0, 0.05) is 5.92 Å². The van der Waals surface area contributed by atoms with Gasteiger partial charge < -0.3 is 4.42 Å². The molecular weight excluding hydrogens is 204 g/mol. The molecule has 0 amide bonds. The second-order valence-electron chi connectivity index (χ2n) is 3.44. The zero-order valence-electron chi connectivity index (χ0n) is 7.47. The van der Waals surface area contributed by atoms with E-state index in [1.165, 1.54) is 6.26 Å². The Hall–Kier alpha value is -1.10. The first-order valence-corrected chi connectivity index (χ1v) is 6.19. The van der Waals surface area contributed by atoms with Crippen LogP contribution in [0.5, 0.6) is 0 Å². The average molecular weight is 214 g/mol. The average Bonchev–Trinajstić information content (AvgIpc) is 2.72. The highest BCUT2D eigenvalue weighted by Crippen LogP contribution is 2.22. The Kier molecular flexibility index (Phi) is 2.19. The van der Waals surface area contributed by atoms with Crippen LogP contribution in [-0.4, -0.2) is 25.7 Å². The van der Waals surface area contributed by atoms with E-state index in [4.69, 9.17) is 4.42 Å². The van der Waals surface area contributed by atoms with E-state index in [1.54, 1.807) is 12.1 Å². The number of rotatable bonds is 2. The Morgan fingerprint density at radius 1 is 1.50 bits per heavy atom. The highest BCUT2D eigenvalue weighted by atomic mass is 32.2. The molecule has 0 bridgehead atoms. The predicted octanol–water partition coefficient (Wildman–Crippen LogP) is 0.897. The van der Waals surface area contributed by atoms with E-state index >= 15 is 0 Å². The van der Waals surface area contributed by atoms with Gasteiger partial charge in [-0.2, -0.15) is 0 Å². The molecule has 0 aliphatic carbocycles. The molecule has 0 saturated carbocycles. The van der Waals surface area contributed by atoms with E-state index in [0.717, 1.165) is 0 Å². The summed E-state index contributed by atoms with van der Waals surface area (Å²) in [5, 5.41) is 0. The number of sulfone groups is 1. The third-order valence-corrected chi connectivity index (χ3v) is 4.14. The number of ketones is 1. The van der Waals surface area contributed by atoms with Gasteiger partial charge in [-0.05, 0) is 18.6 Å². The van der Waals surface area contributed by atoms with Gasteiger partial charge in [0.05, 0.1) is 17.8 Å². The van der Waals surface area contributed by atoms with Crippen molar-refractivity contribution in [3.8, 4) is 0 Å². The molecule has 1 fully saturated rings. The molecule has 4 nitrogen and oxygen atoms in total. The van der Waals surface area contributed by atoms with Crippen LogP contribution in [0.15, 0.2) is 22.8 Å². The SMILES string of the molecule is O=C(c1ccco1)C1CCS(=O)(=O)C1. The van der Waals surface area contributed by atoms with Crippen molar-refractivity contribution >= 4 is 15.6 Å². The minimum Gasteiger partial charge on any atom is -0.461 e. The molecule has 1 unspecified atom stereocenters. The Bertz CT molecular complexity index is 429. The Morgan fingerprint density at radius 2 is 2.29 bits per heavy atom. The molecule has 2 rings (SSSR count). The molecule has 1 atom stereocenters. The third kappa shape index (κ3) is 1.72. The van der Waals surface area contributed by atoms with Gasteiger partial charge in [0.2, 0.25) is 5.78 Å². The molecule has 1 saturated heterocycles. The third-order valence-electron chi connectivity index (χ3n) is 2.37. The van der Waals surface area contributed by atoms with Crippen LogP contribution in [-0.2, 0) is 9.84 Å². The van der Waals surface area contributed by atoms with Crippen LogP contribution in [0.4, 0.5) is 0 Å². The van der Waals surface area contributed by atoms with Crippen LogP contribution >= 0.6 is 0 Å². The van der Waals surface area contributed by atoms with Crippen LogP contribution in [0.2, 0.25) is 0 Å². The molecule has 14 heavy (non-hydrogen) atoms. The van der Waals surface area contributed by atoms with Crippen molar-refractivity contribution in [2.75, 3.05) is 11.5 Å². The fourth-order valence-electron chi connectivity index (χ4n) is 1.62. The smallest absolute Gasteiger partial charge is 0.202 e. The van der Waals surface area contributed by atoms with Gasteiger partial charge in [0.25, 0.3) is 0 Å². The van der Waals surface area contributed by atoms with Crippen LogP contribution in [0.1, 0.15) is 17.0 Å². The Morgan fingerprint density at radius 3 is 2.79 bits per heavy atom. The minimum absolute atomic E-state index is 0.0352. The number of carbonyl (C=O) groups is 1. The van der Waals surface area contributed by atoms with Gasteiger partial charge in [-0.15, -0.1) is 0 Å². The number of Topliss-reactive ketones (excluding diaryl/α,β-unsaturated/α-hetero) is 1. The van der Waals surface area contributed by atoms with Gasteiger partial charge in [-0.1, -0.05) is 0 Å². The zero-order chi connectivity index (χ0) is 10.2. The second-order valence-corrected chi connectivity index (χ2v) is 5.67.